The molecule has 2 aromatic carbocycles. The van der Waals surface area contributed by atoms with Crippen LogP contribution in [0.5, 0.6) is 5.75 Å². The zero-order valence-electron chi connectivity index (χ0n) is 14.7. The molecule has 1 N–H and O–H groups in total. The molecule has 0 aliphatic carbocycles. The predicted molar refractivity (Wildman–Crippen MR) is 111 cm³/mol. The Morgan fingerprint density at radius 1 is 1.07 bits per heavy atom. The van der Waals surface area contributed by atoms with E-state index in [1.54, 1.807) is 42.5 Å². The molecule has 8 heteroatoms. The molecule has 7 nitrogen and oxygen atoms in total. The van der Waals surface area contributed by atoms with Gasteiger partial charge < -0.3 is 18.9 Å². The smallest absolute Gasteiger partial charge is 0.283 e. The predicted octanol–water partition coefficient (Wildman–Crippen LogP) is 4.86. The van der Waals surface area contributed by atoms with Crippen LogP contribution in [0.4, 0.5) is 5.69 Å². The van der Waals surface area contributed by atoms with E-state index in [1.165, 1.54) is 13.4 Å². The molecule has 0 bridgehead atoms. The van der Waals surface area contributed by atoms with Gasteiger partial charge in [0, 0.05) is 14.8 Å². The van der Waals surface area contributed by atoms with Crippen LogP contribution >= 0.6 is 22.6 Å². The van der Waals surface area contributed by atoms with E-state index >= 15 is 0 Å². The fraction of sp³-hybridized carbons (Fsp3) is 0.0500. The Kier molecular flexibility index (Phi) is 5.11. The normalized spacial score (nSPS) is 10.6. The van der Waals surface area contributed by atoms with Crippen LogP contribution < -0.4 is 10.1 Å². The third kappa shape index (κ3) is 3.77. The molecule has 2 aromatic heterocycles. The molecule has 4 rings (SSSR count). The molecule has 28 heavy (non-hydrogen) atoms. The maximum absolute atomic E-state index is 12.7. The minimum absolute atomic E-state index is 0.269. The van der Waals surface area contributed by atoms with Gasteiger partial charge in [0.25, 0.3) is 11.8 Å². The summed E-state index contributed by atoms with van der Waals surface area (Å²) >= 11 is 2.15. The fourth-order valence-corrected chi connectivity index (χ4v) is 3.12. The Balaban J connectivity index is 1.58. The van der Waals surface area contributed by atoms with E-state index in [-0.39, 0.29) is 11.8 Å². The second kappa shape index (κ2) is 7.85. The maximum atomic E-state index is 12.7. The Bertz CT molecular complexity index is 1120. The number of halogens is 1. The summed E-state index contributed by atoms with van der Waals surface area (Å²) in [6.07, 6.45) is 1.54. The number of rotatable bonds is 5. The van der Waals surface area contributed by atoms with Gasteiger partial charge in [-0.1, -0.05) is 6.07 Å². The lowest BCUT2D eigenvalue weighted by Gasteiger charge is -2.10. The number of carbonyl (C=O) groups excluding carboxylic acids is 1. The Morgan fingerprint density at radius 3 is 2.71 bits per heavy atom. The molecule has 0 fully saturated rings. The number of anilines is 1. The lowest BCUT2D eigenvalue weighted by Crippen LogP contribution is -2.13. The summed E-state index contributed by atoms with van der Waals surface area (Å²) in [6, 6.07) is 16.1. The number of nitrogens with zero attached hydrogens (tertiary/aromatic N) is 2. The molecule has 0 saturated carbocycles. The molecule has 0 aliphatic rings. The Morgan fingerprint density at radius 2 is 1.93 bits per heavy atom. The number of methoxy groups -OCH3 is 1. The molecule has 0 unspecified atom stereocenters. The van der Waals surface area contributed by atoms with Crippen molar-refractivity contribution in [2.45, 2.75) is 0 Å². The van der Waals surface area contributed by atoms with Gasteiger partial charge in [-0.3, -0.25) is 4.79 Å². The molecule has 0 spiro atoms. The topological polar surface area (TPSA) is 90.4 Å². The average Bonchev–Trinajstić information content (AvgIpc) is 3.40. The lowest BCUT2D eigenvalue weighted by atomic mass is 10.1. The van der Waals surface area contributed by atoms with Gasteiger partial charge in [0.05, 0.1) is 18.9 Å². The van der Waals surface area contributed by atoms with Crippen LogP contribution in [0.15, 0.2) is 69.7 Å². The van der Waals surface area contributed by atoms with Crippen LogP contribution in [0.3, 0.4) is 0 Å². The number of nitrogens with one attached hydrogen (secondary N) is 1. The second-order valence-electron chi connectivity index (χ2n) is 5.77. The maximum Gasteiger partial charge on any atom is 0.283 e. The van der Waals surface area contributed by atoms with Crippen molar-refractivity contribution in [2.75, 3.05) is 12.4 Å². The van der Waals surface area contributed by atoms with Gasteiger partial charge in [0.15, 0.2) is 5.76 Å². The summed E-state index contributed by atoms with van der Waals surface area (Å²) in [6.45, 7) is 0. The third-order valence-electron chi connectivity index (χ3n) is 3.93. The molecule has 140 valence electrons. The summed E-state index contributed by atoms with van der Waals surface area (Å²) in [5, 5.41) is 10.9. The molecular formula is C20H14IN3O4. The average molecular weight is 487 g/mol. The fourth-order valence-electron chi connectivity index (χ4n) is 2.63. The number of hydrogen-bond donors (Lipinski definition) is 1. The summed E-state index contributed by atoms with van der Waals surface area (Å²) in [7, 11) is 1.53. The highest BCUT2D eigenvalue weighted by atomic mass is 127. The monoisotopic (exact) mass is 487 g/mol. The number of carbonyl (C=O) groups is 1. The first-order valence-corrected chi connectivity index (χ1v) is 9.34. The van der Waals surface area contributed by atoms with Crippen LogP contribution in [0, 0.1) is 3.57 Å². The number of furan rings is 1. The van der Waals surface area contributed by atoms with Crippen molar-refractivity contribution < 1.29 is 18.4 Å². The van der Waals surface area contributed by atoms with Crippen molar-refractivity contribution in [1.82, 2.24) is 10.2 Å². The summed E-state index contributed by atoms with van der Waals surface area (Å²) in [5.74, 6) is 1.35. The summed E-state index contributed by atoms with van der Waals surface area (Å²) < 4.78 is 17.1. The van der Waals surface area contributed by atoms with Gasteiger partial charge in [-0.25, -0.2) is 0 Å². The minimum atomic E-state index is -0.269. The van der Waals surface area contributed by atoms with Crippen LogP contribution in [-0.4, -0.2) is 23.2 Å². The van der Waals surface area contributed by atoms with Gasteiger partial charge in [-0.2, -0.15) is 0 Å². The van der Waals surface area contributed by atoms with Crippen molar-refractivity contribution >= 4 is 34.2 Å². The molecule has 0 saturated heterocycles. The van der Waals surface area contributed by atoms with E-state index in [0.29, 0.717) is 34.2 Å². The highest BCUT2D eigenvalue weighted by Crippen LogP contribution is 2.27. The van der Waals surface area contributed by atoms with E-state index in [2.05, 4.69) is 38.1 Å². The van der Waals surface area contributed by atoms with Crippen LogP contribution in [-0.2, 0) is 0 Å². The van der Waals surface area contributed by atoms with Crippen LogP contribution in [0.1, 0.15) is 10.4 Å². The summed E-state index contributed by atoms with van der Waals surface area (Å²) in [5.41, 5.74) is 1.73. The number of hydrogen-bond acceptors (Lipinski definition) is 6. The van der Waals surface area contributed by atoms with E-state index in [0.717, 1.165) is 3.57 Å². The largest absolute Gasteiger partial charge is 0.496 e. The first-order chi connectivity index (χ1) is 13.6. The van der Waals surface area contributed by atoms with Gasteiger partial charge in [-0.05, 0) is 71.1 Å². The minimum Gasteiger partial charge on any atom is -0.496 e. The molecule has 2 heterocycles. The van der Waals surface area contributed by atoms with Crippen molar-refractivity contribution in [1.29, 1.82) is 0 Å². The second-order valence-corrected chi connectivity index (χ2v) is 7.01. The SMILES string of the molecule is COc1ccc(I)cc1C(=O)Nc1cccc(-c2nnc(-c3ccco3)o2)c1. The number of amides is 1. The van der Waals surface area contributed by atoms with Crippen molar-refractivity contribution in [2.24, 2.45) is 0 Å². The highest BCUT2D eigenvalue weighted by Gasteiger charge is 2.15. The molecular weight excluding hydrogens is 473 g/mol. The first kappa shape index (κ1) is 18.2. The molecule has 0 aliphatic heterocycles. The quantitative estimate of drug-likeness (QED) is 0.405. The molecule has 0 radical (unpaired) electrons. The van der Waals surface area contributed by atoms with Gasteiger partial charge in [0.1, 0.15) is 5.75 Å². The number of benzene rings is 2. The van der Waals surface area contributed by atoms with Gasteiger partial charge in [-0.15, -0.1) is 10.2 Å². The number of ether oxygens (including phenoxy) is 1. The molecule has 1 amide bonds. The van der Waals surface area contributed by atoms with E-state index in [1.807, 2.05) is 12.1 Å². The van der Waals surface area contributed by atoms with Crippen LogP contribution in [0.25, 0.3) is 23.1 Å². The van der Waals surface area contributed by atoms with Crippen molar-refractivity contribution in [3.05, 3.63) is 70.0 Å². The van der Waals surface area contributed by atoms with Crippen LogP contribution in [0.2, 0.25) is 0 Å². The highest BCUT2D eigenvalue weighted by molar-refractivity contribution is 14.1. The van der Waals surface area contributed by atoms with E-state index < -0.39 is 0 Å². The summed E-state index contributed by atoms with van der Waals surface area (Å²) in [4.78, 5) is 12.7. The van der Waals surface area contributed by atoms with Crippen molar-refractivity contribution in [3.63, 3.8) is 0 Å². The third-order valence-corrected chi connectivity index (χ3v) is 4.60. The van der Waals surface area contributed by atoms with E-state index in [4.69, 9.17) is 13.6 Å². The molecule has 0 atom stereocenters. The molecule has 4 aromatic rings. The Hall–Kier alpha value is -3.14. The zero-order valence-corrected chi connectivity index (χ0v) is 16.8. The number of aromatic nitrogens is 2. The van der Waals surface area contributed by atoms with E-state index in [9.17, 15) is 4.79 Å². The Labute approximate surface area is 173 Å². The van der Waals surface area contributed by atoms with Gasteiger partial charge >= 0.3 is 0 Å². The lowest BCUT2D eigenvalue weighted by molar-refractivity contribution is 0.102. The zero-order chi connectivity index (χ0) is 19.5. The van der Waals surface area contributed by atoms with Gasteiger partial charge in [0.2, 0.25) is 5.89 Å². The van der Waals surface area contributed by atoms with Crippen molar-refractivity contribution in [3.8, 4) is 28.9 Å². The first-order valence-electron chi connectivity index (χ1n) is 8.27. The standard InChI is InChI=1S/C20H14IN3O4/c1-26-16-8-7-13(21)11-15(16)18(25)22-14-5-2-4-12(10-14)19-23-24-20(28-19)17-6-3-9-27-17/h2-11H,1H3,(H,22,25).